The minimum atomic E-state index is -4.31. The molecule has 7 heteroatoms. The summed E-state index contributed by atoms with van der Waals surface area (Å²) in [5, 5.41) is 3.29. The van der Waals surface area contributed by atoms with Gasteiger partial charge in [-0.25, -0.2) is 0 Å². The number of benzene rings is 1. The predicted molar refractivity (Wildman–Crippen MR) is 102 cm³/mol. The van der Waals surface area contributed by atoms with Crippen molar-refractivity contribution < 1.29 is 17.9 Å². The summed E-state index contributed by atoms with van der Waals surface area (Å²) in [5.41, 5.74) is 0.101. The van der Waals surface area contributed by atoms with Gasteiger partial charge in [0.05, 0.1) is 12.2 Å². The van der Waals surface area contributed by atoms with Crippen LogP contribution in [0.4, 0.5) is 13.2 Å². The number of guanidine groups is 1. The first kappa shape index (κ1) is 21.5. The Morgan fingerprint density at radius 2 is 2.19 bits per heavy atom. The Bertz CT molecular complexity index is 613. The van der Waals surface area contributed by atoms with E-state index in [4.69, 9.17) is 4.74 Å². The number of halogens is 3. The third-order valence-corrected chi connectivity index (χ3v) is 4.86. The van der Waals surface area contributed by atoms with Gasteiger partial charge in [-0.3, -0.25) is 4.99 Å². The second kappa shape index (κ2) is 9.97. The molecule has 1 fully saturated rings. The monoisotopic (exact) mass is 385 g/mol. The molecule has 4 nitrogen and oxygen atoms in total. The topological polar surface area (TPSA) is 36.9 Å². The molecule has 2 rings (SSSR count). The molecule has 1 saturated heterocycles. The Morgan fingerprint density at radius 1 is 1.41 bits per heavy atom. The third-order valence-electron chi connectivity index (χ3n) is 4.86. The lowest BCUT2D eigenvalue weighted by atomic mass is 9.96. The molecule has 0 saturated carbocycles. The summed E-state index contributed by atoms with van der Waals surface area (Å²) < 4.78 is 44.1. The summed E-state index contributed by atoms with van der Waals surface area (Å²) in [4.78, 5) is 6.77. The molecule has 0 amide bonds. The van der Waals surface area contributed by atoms with Gasteiger partial charge in [0.25, 0.3) is 0 Å². The first-order chi connectivity index (χ1) is 12.8. The van der Waals surface area contributed by atoms with Crippen molar-refractivity contribution in [3.8, 4) is 0 Å². The zero-order chi connectivity index (χ0) is 19.9. The lowest BCUT2D eigenvalue weighted by Crippen LogP contribution is -2.41. The molecule has 1 aromatic carbocycles. The first-order valence-corrected chi connectivity index (χ1v) is 9.55. The standard InChI is InChI=1S/C20H30F3N3O/c1-4-24-19(26(3)13-16-9-11-27-14-16)25-10-8-15(2)17-6-5-7-18(12-17)20(21,22)23/h5-7,12,15-16H,4,8-11,13-14H2,1-3H3,(H,24,25). The average Bonchev–Trinajstić information content (AvgIpc) is 3.13. The van der Waals surface area contributed by atoms with Gasteiger partial charge in [0, 0.05) is 39.2 Å². The van der Waals surface area contributed by atoms with E-state index in [1.807, 2.05) is 20.9 Å². The molecule has 0 spiro atoms. The lowest BCUT2D eigenvalue weighted by molar-refractivity contribution is -0.137. The number of alkyl halides is 3. The van der Waals surface area contributed by atoms with E-state index in [1.54, 1.807) is 6.07 Å². The first-order valence-electron chi connectivity index (χ1n) is 9.55. The Balaban J connectivity index is 1.93. The summed E-state index contributed by atoms with van der Waals surface area (Å²) >= 11 is 0. The van der Waals surface area contributed by atoms with Gasteiger partial charge in [0.15, 0.2) is 5.96 Å². The summed E-state index contributed by atoms with van der Waals surface area (Å²) in [6, 6.07) is 5.58. The van der Waals surface area contributed by atoms with Gasteiger partial charge in [-0.05, 0) is 37.3 Å². The number of nitrogens with one attached hydrogen (secondary N) is 1. The van der Waals surface area contributed by atoms with Crippen LogP contribution < -0.4 is 5.32 Å². The van der Waals surface area contributed by atoms with Crippen molar-refractivity contribution in [2.45, 2.75) is 38.8 Å². The van der Waals surface area contributed by atoms with Crippen molar-refractivity contribution in [2.75, 3.05) is 39.9 Å². The Morgan fingerprint density at radius 3 is 2.81 bits per heavy atom. The van der Waals surface area contributed by atoms with Crippen molar-refractivity contribution in [3.05, 3.63) is 35.4 Å². The molecule has 0 aliphatic carbocycles. The van der Waals surface area contributed by atoms with E-state index in [2.05, 4.69) is 15.2 Å². The second-order valence-corrected chi connectivity index (χ2v) is 7.16. The van der Waals surface area contributed by atoms with Crippen molar-refractivity contribution in [1.82, 2.24) is 10.2 Å². The van der Waals surface area contributed by atoms with Crippen LogP contribution in [0.25, 0.3) is 0 Å². The minimum Gasteiger partial charge on any atom is -0.381 e. The Labute approximate surface area is 159 Å². The van der Waals surface area contributed by atoms with Crippen LogP contribution in [0.3, 0.4) is 0 Å². The van der Waals surface area contributed by atoms with E-state index in [0.29, 0.717) is 24.4 Å². The molecule has 2 unspecified atom stereocenters. The Hall–Kier alpha value is -1.76. The number of hydrogen-bond acceptors (Lipinski definition) is 2. The van der Waals surface area contributed by atoms with E-state index in [1.165, 1.54) is 12.1 Å². The van der Waals surface area contributed by atoms with E-state index >= 15 is 0 Å². The molecule has 0 radical (unpaired) electrons. The van der Waals surface area contributed by atoms with Crippen molar-refractivity contribution in [1.29, 1.82) is 0 Å². The molecule has 1 aliphatic heterocycles. The van der Waals surface area contributed by atoms with E-state index in [0.717, 1.165) is 44.8 Å². The molecular weight excluding hydrogens is 355 g/mol. The lowest BCUT2D eigenvalue weighted by Gasteiger charge is -2.24. The highest BCUT2D eigenvalue weighted by molar-refractivity contribution is 5.79. The van der Waals surface area contributed by atoms with Crippen LogP contribution >= 0.6 is 0 Å². The molecule has 2 atom stereocenters. The highest BCUT2D eigenvalue weighted by atomic mass is 19.4. The zero-order valence-electron chi connectivity index (χ0n) is 16.4. The number of aliphatic imine (C=N–C) groups is 1. The number of rotatable bonds is 7. The van der Waals surface area contributed by atoms with Crippen LogP contribution in [-0.4, -0.2) is 50.8 Å². The fourth-order valence-electron chi connectivity index (χ4n) is 3.22. The van der Waals surface area contributed by atoms with E-state index in [9.17, 15) is 13.2 Å². The molecule has 1 N–H and O–H groups in total. The maximum absolute atomic E-state index is 12.9. The normalized spacial score (nSPS) is 19.2. The van der Waals surface area contributed by atoms with Gasteiger partial charge in [0.2, 0.25) is 0 Å². The number of nitrogens with zero attached hydrogens (tertiary/aromatic N) is 2. The molecule has 1 aromatic rings. The van der Waals surface area contributed by atoms with Crippen LogP contribution in [0, 0.1) is 5.92 Å². The summed E-state index contributed by atoms with van der Waals surface area (Å²) in [6.45, 7) is 7.79. The minimum absolute atomic E-state index is 0.00691. The number of ether oxygens (including phenoxy) is 1. The molecule has 1 heterocycles. The molecule has 27 heavy (non-hydrogen) atoms. The van der Waals surface area contributed by atoms with Gasteiger partial charge in [-0.1, -0.05) is 25.1 Å². The summed E-state index contributed by atoms with van der Waals surface area (Å²) in [5.74, 6) is 1.36. The van der Waals surface area contributed by atoms with E-state index in [-0.39, 0.29) is 5.92 Å². The van der Waals surface area contributed by atoms with Crippen LogP contribution in [0.5, 0.6) is 0 Å². The maximum Gasteiger partial charge on any atom is 0.416 e. The van der Waals surface area contributed by atoms with Crippen LogP contribution in [0.15, 0.2) is 29.3 Å². The number of hydrogen-bond donors (Lipinski definition) is 1. The van der Waals surface area contributed by atoms with E-state index < -0.39 is 11.7 Å². The Kier molecular flexibility index (Phi) is 7.95. The fraction of sp³-hybridized carbons (Fsp3) is 0.650. The highest BCUT2D eigenvalue weighted by Crippen LogP contribution is 2.31. The molecule has 0 bridgehead atoms. The SMILES string of the molecule is CCNC(=NCCC(C)c1cccc(C(F)(F)F)c1)N(C)CC1CCOC1. The zero-order valence-corrected chi connectivity index (χ0v) is 16.4. The smallest absolute Gasteiger partial charge is 0.381 e. The largest absolute Gasteiger partial charge is 0.416 e. The average molecular weight is 385 g/mol. The van der Waals surface area contributed by atoms with Crippen molar-refractivity contribution in [2.24, 2.45) is 10.9 Å². The van der Waals surface area contributed by atoms with Gasteiger partial charge in [0.1, 0.15) is 0 Å². The third kappa shape index (κ3) is 6.72. The van der Waals surface area contributed by atoms with Crippen LogP contribution in [0.2, 0.25) is 0 Å². The van der Waals surface area contributed by atoms with Crippen LogP contribution in [-0.2, 0) is 10.9 Å². The predicted octanol–water partition coefficient (Wildman–Crippen LogP) is 4.13. The molecule has 152 valence electrons. The van der Waals surface area contributed by atoms with Gasteiger partial charge in [-0.15, -0.1) is 0 Å². The van der Waals surface area contributed by atoms with Gasteiger partial charge >= 0.3 is 6.18 Å². The fourth-order valence-corrected chi connectivity index (χ4v) is 3.22. The van der Waals surface area contributed by atoms with Crippen molar-refractivity contribution >= 4 is 5.96 Å². The van der Waals surface area contributed by atoms with Crippen LogP contribution in [0.1, 0.15) is 43.7 Å². The quantitative estimate of drug-likeness (QED) is 0.566. The van der Waals surface area contributed by atoms with Gasteiger partial charge in [-0.2, -0.15) is 13.2 Å². The van der Waals surface area contributed by atoms with Gasteiger partial charge < -0.3 is 15.0 Å². The molecule has 0 aromatic heterocycles. The van der Waals surface area contributed by atoms with Crippen molar-refractivity contribution in [3.63, 3.8) is 0 Å². The summed E-state index contributed by atoms with van der Waals surface area (Å²) in [7, 11) is 2.01. The highest BCUT2D eigenvalue weighted by Gasteiger charge is 2.30. The molecular formula is C20H30F3N3O. The second-order valence-electron chi connectivity index (χ2n) is 7.16. The maximum atomic E-state index is 12.9. The molecule has 1 aliphatic rings. The summed E-state index contributed by atoms with van der Waals surface area (Å²) in [6.07, 6.45) is -2.55.